The molecule has 0 bridgehead atoms. The van der Waals surface area contributed by atoms with Crippen molar-refractivity contribution in [3.8, 4) is 11.5 Å². The predicted molar refractivity (Wildman–Crippen MR) is 84.3 cm³/mol. The first-order valence-corrected chi connectivity index (χ1v) is 7.26. The molecule has 2 aromatic rings. The number of carbonyl (C=O) groups is 1. The highest BCUT2D eigenvalue weighted by Gasteiger charge is 2.14. The molecule has 0 radical (unpaired) electrons. The van der Waals surface area contributed by atoms with Crippen molar-refractivity contribution in [3.63, 3.8) is 0 Å². The topological polar surface area (TPSA) is 44.8 Å². The molecule has 116 valence electrons. The summed E-state index contributed by atoms with van der Waals surface area (Å²) in [7, 11) is 1.35. The Balaban J connectivity index is 2.18. The van der Waals surface area contributed by atoms with E-state index in [2.05, 4.69) is 0 Å². The minimum atomic E-state index is -0.426. The van der Waals surface area contributed by atoms with E-state index >= 15 is 0 Å². The standard InChI is InChI=1S/C18H20O4/c1-3-11-21-15-9-10-16(18(19)20-2)17(12-15)22-13-14-7-5-4-6-8-14/h4-10,12H,3,11,13H2,1-2H3. The minimum Gasteiger partial charge on any atom is -0.493 e. The van der Waals surface area contributed by atoms with Gasteiger partial charge < -0.3 is 14.2 Å². The molecule has 0 atom stereocenters. The maximum atomic E-state index is 11.8. The number of carbonyl (C=O) groups excluding carboxylic acids is 1. The molecule has 2 aromatic carbocycles. The number of benzene rings is 2. The molecule has 2 rings (SSSR count). The Kier molecular flexibility index (Phi) is 5.83. The third-order valence-corrected chi connectivity index (χ3v) is 3.07. The second-order valence-electron chi connectivity index (χ2n) is 4.77. The van der Waals surface area contributed by atoms with Crippen molar-refractivity contribution >= 4 is 5.97 Å². The third-order valence-electron chi connectivity index (χ3n) is 3.07. The zero-order valence-corrected chi connectivity index (χ0v) is 12.9. The van der Waals surface area contributed by atoms with Gasteiger partial charge in [0.1, 0.15) is 23.7 Å². The van der Waals surface area contributed by atoms with Gasteiger partial charge in [-0.05, 0) is 24.1 Å². The fourth-order valence-corrected chi connectivity index (χ4v) is 1.95. The van der Waals surface area contributed by atoms with E-state index in [1.165, 1.54) is 7.11 Å². The number of hydrogen-bond acceptors (Lipinski definition) is 4. The van der Waals surface area contributed by atoms with Crippen molar-refractivity contribution in [1.82, 2.24) is 0 Å². The molecule has 4 heteroatoms. The zero-order valence-electron chi connectivity index (χ0n) is 12.9. The van der Waals surface area contributed by atoms with Crippen LogP contribution in [0.3, 0.4) is 0 Å². The first-order valence-electron chi connectivity index (χ1n) is 7.26. The summed E-state index contributed by atoms with van der Waals surface area (Å²) in [5.41, 5.74) is 1.42. The van der Waals surface area contributed by atoms with E-state index in [1.807, 2.05) is 37.3 Å². The van der Waals surface area contributed by atoms with E-state index in [-0.39, 0.29) is 0 Å². The summed E-state index contributed by atoms with van der Waals surface area (Å²) in [6, 6.07) is 14.9. The number of hydrogen-bond donors (Lipinski definition) is 0. The molecule has 4 nitrogen and oxygen atoms in total. The van der Waals surface area contributed by atoms with Gasteiger partial charge in [-0.15, -0.1) is 0 Å². The third kappa shape index (κ3) is 4.25. The van der Waals surface area contributed by atoms with Gasteiger partial charge in [-0.3, -0.25) is 0 Å². The van der Waals surface area contributed by atoms with Gasteiger partial charge in [0.25, 0.3) is 0 Å². The van der Waals surface area contributed by atoms with Crippen molar-refractivity contribution in [3.05, 3.63) is 59.7 Å². The van der Waals surface area contributed by atoms with Gasteiger partial charge in [0.2, 0.25) is 0 Å². The van der Waals surface area contributed by atoms with Crippen molar-refractivity contribution in [2.24, 2.45) is 0 Å². The average molecular weight is 300 g/mol. The van der Waals surface area contributed by atoms with Gasteiger partial charge in [0.15, 0.2) is 0 Å². The van der Waals surface area contributed by atoms with Gasteiger partial charge in [-0.1, -0.05) is 37.3 Å². The summed E-state index contributed by atoms with van der Waals surface area (Å²) in [5, 5.41) is 0. The Morgan fingerprint density at radius 3 is 2.50 bits per heavy atom. The van der Waals surface area contributed by atoms with Gasteiger partial charge in [-0.2, -0.15) is 0 Å². The lowest BCUT2D eigenvalue weighted by molar-refractivity contribution is 0.0595. The van der Waals surface area contributed by atoms with Crippen molar-refractivity contribution in [2.45, 2.75) is 20.0 Å². The van der Waals surface area contributed by atoms with Gasteiger partial charge in [-0.25, -0.2) is 4.79 Å². The number of methoxy groups -OCH3 is 1. The lowest BCUT2D eigenvalue weighted by atomic mass is 10.2. The van der Waals surface area contributed by atoms with Crippen LogP contribution in [0, 0.1) is 0 Å². The van der Waals surface area contributed by atoms with E-state index in [1.54, 1.807) is 18.2 Å². The maximum absolute atomic E-state index is 11.8. The van der Waals surface area contributed by atoms with E-state index in [0.29, 0.717) is 30.3 Å². The van der Waals surface area contributed by atoms with Gasteiger partial charge >= 0.3 is 5.97 Å². The molecule has 0 unspecified atom stereocenters. The quantitative estimate of drug-likeness (QED) is 0.729. The highest BCUT2D eigenvalue weighted by atomic mass is 16.5. The SMILES string of the molecule is CCCOc1ccc(C(=O)OC)c(OCc2ccccc2)c1. The number of rotatable bonds is 7. The number of ether oxygens (including phenoxy) is 3. The Bertz CT molecular complexity index is 608. The fourth-order valence-electron chi connectivity index (χ4n) is 1.95. The van der Waals surface area contributed by atoms with Crippen LogP contribution in [0.15, 0.2) is 48.5 Å². The highest BCUT2D eigenvalue weighted by Crippen LogP contribution is 2.26. The maximum Gasteiger partial charge on any atom is 0.341 e. The van der Waals surface area contributed by atoms with Gasteiger partial charge in [0, 0.05) is 6.07 Å². The monoisotopic (exact) mass is 300 g/mol. The van der Waals surface area contributed by atoms with Crippen LogP contribution in [0.5, 0.6) is 11.5 Å². The van der Waals surface area contributed by atoms with Crippen molar-refractivity contribution in [2.75, 3.05) is 13.7 Å². The second kappa shape index (κ2) is 8.08. The molecule has 0 aliphatic carbocycles. The molecular weight excluding hydrogens is 280 g/mol. The largest absolute Gasteiger partial charge is 0.493 e. The molecule has 0 N–H and O–H groups in total. The molecule has 0 saturated heterocycles. The van der Waals surface area contributed by atoms with Crippen LogP contribution in [-0.2, 0) is 11.3 Å². The van der Waals surface area contributed by atoms with Crippen LogP contribution in [0.2, 0.25) is 0 Å². The van der Waals surface area contributed by atoms with Gasteiger partial charge in [0.05, 0.1) is 13.7 Å². The van der Waals surface area contributed by atoms with Crippen LogP contribution >= 0.6 is 0 Å². The molecule has 0 saturated carbocycles. The molecule has 0 fully saturated rings. The van der Waals surface area contributed by atoms with E-state index in [0.717, 1.165) is 12.0 Å². The molecular formula is C18H20O4. The zero-order chi connectivity index (χ0) is 15.8. The van der Waals surface area contributed by atoms with E-state index < -0.39 is 5.97 Å². The first-order chi connectivity index (χ1) is 10.7. The average Bonchev–Trinajstić information content (AvgIpc) is 2.58. The summed E-state index contributed by atoms with van der Waals surface area (Å²) in [6.45, 7) is 3.04. The van der Waals surface area contributed by atoms with Crippen LogP contribution in [0.25, 0.3) is 0 Å². The molecule has 0 amide bonds. The summed E-state index contributed by atoms with van der Waals surface area (Å²) >= 11 is 0. The molecule has 0 spiro atoms. The molecule has 22 heavy (non-hydrogen) atoms. The molecule has 0 aromatic heterocycles. The summed E-state index contributed by atoms with van der Waals surface area (Å²) < 4.78 is 16.2. The predicted octanol–water partition coefficient (Wildman–Crippen LogP) is 3.84. The lowest BCUT2D eigenvalue weighted by Crippen LogP contribution is -2.06. The normalized spacial score (nSPS) is 10.1. The summed E-state index contributed by atoms with van der Waals surface area (Å²) in [5.74, 6) is 0.715. The van der Waals surface area contributed by atoms with Crippen LogP contribution in [-0.4, -0.2) is 19.7 Å². The Labute approximate surface area is 130 Å². The number of esters is 1. The van der Waals surface area contributed by atoms with Crippen molar-refractivity contribution in [1.29, 1.82) is 0 Å². The Hall–Kier alpha value is -2.49. The van der Waals surface area contributed by atoms with Crippen molar-refractivity contribution < 1.29 is 19.0 Å². The molecule has 0 heterocycles. The van der Waals surface area contributed by atoms with E-state index in [9.17, 15) is 4.79 Å². The Morgan fingerprint density at radius 1 is 1.05 bits per heavy atom. The fraction of sp³-hybridized carbons (Fsp3) is 0.278. The van der Waals surface area contributed by atoms with E-state index in [4.69, 9.17) is 14.2 Å². The van der Waals surface area contributed by atoms with Crippen LogP contribution in [0.4, 0.5) is 0 Å². The van der Waals surface area contributed by atoms with Crippen LogP contribution in [0.1, 0.15) is 29.3 Å². The molecule has 0 aliphatic heterocycles. The molecule has 0 aliphatic rings. The second-order valence-corrected chi connectivity index (χ2v) is 4.77. The van der Waals surface area contributed by atoms with Crippen LogP contribution < -0.4 is 9.47 Å². The minimum absolute atomic E-state index is 0.377. The summed E-state index contributed by atoms with van der Waals surface area (Å²) in [6.07, 6.45) is 0.916. The smallest absolute Gasteiger partial charge is 0.341 e. The summed E-state index contributed by atoms with van der Waals surface area (Å²) in [4.78, 5) is 11.8. The Morgan fingerprint density at radius 2 is 1.82 bits per heavy atom. The lowest BCUT2D eigenvalue weighted by Gasteiger charge is -2.13. The highest BCUT2D eigenvalue weighted by molar-refractivity contribution is 5.92. The first kappa shape index (κ1) is 15.9.